The first-order valence-electron chi connectivity index (χ1n) is 7.30. The first kappa shape index (κ1) is 14.7. The largest absolute Gasteiger partial charge is 0.375 e. The number of nitrogens with one attached hydrogen (secondary N) is 2. The van der Waals surface area contributed by atoms with Crippen LogP contribution in [0.3, 0.4) is 0 Å². The van der Waals surface area contributed by atoms with E-state index in [1.54, 1.807) is 11.0 Å². The predicted molar refractivity (Wildman–Crippen MR) is 80.4 cm³/mol. The molecule has 0 aliphatic carbocycles. The highest BCUT2D eigenvalue weighted by molar-refractivity contribution is 5.82. The summed E-state index contributed by atoms with van der Waals surface area (Å²) in [6, 6.07) is 7.52. The quantitative estimate of drug-likeness (QED) is 0.847. The minimum absolute atomic E-state index is 0.0432. The fourth-order valence-corrected chi connectivity index (χ4v) is 2.48. The third-order valence-electron chi connectivity index (χ3n) is 3.66. The highest BCUT2D eigenvalue weighted by atomic mass is 16.5. The molecule has 1 aliphatic rings. The standard InChI is InChI=1S/C15H19N5O2/c1-11-14(17-5-6-22-11)15(21)18-8-12-3-2-4-13(7-12)20-10-16-9-19-20/h2-4,7,9-11,14,17H,5-6,8H2,1H3,(H,18,21)/t11-,14+/m1/s1. The highest BCUT2D eigenvalue weighted by Crippen LogP contribution is 2.09. The van der Waals surface area contributed by atoms with E-state index in [-0.39, 0.29) is 18.1 Å². The van der Waals surface area contributed by atoms with E-state index >= 15 is 0 Å². The molecule has 2 heterocycles. The molecule has 0 bridgehead atoms. The van der Waals surface area contributed by atoms with E-state index in [0.717, 1.165) is 11.3 Å². The molecule has 1 aromatic heterocycles. The molecule has 0 saturated carbocycles. The molecule has 0 radical (unpaired) electrons. The van der Waals surface area contributed by atoms with Crippen LogP contribution in [0.25, 0.3) is 5.69 Å². The summed E-state index contributed by atoms with van der Waals surface area (Å²) in [5, 5.41) is 10.2. The fourth-order valence-electron chi connectivity index (χ4n) is 2.48. The zero-order valence-electron chi connectivity index (χ0n) is 12.4. The molecule has 2 aromatic rings. The average Bonchev–Trinajstić information content (AvgIpc) is 3.08. The Morgan fingerprint density at radius 2 is 2.45 bits per heavy atom. The van der Waals surface area contributed by atoms with Crippen LogP contribution >= 0.6 is 0 Å². The summed E-state index contributed by atoms with van der Waals surface area (Å²) < 4.78 is 7.17. The van der Waals surface area contributed by atoms with Crippen LogP contribution in [0.15, 0.2) is 36.9 Å². The molecule has 1 saturated heterocycles. The van der Waals surface area contributed by atoms with E-state index in [2.05, 4.69) is 20.7 Å². The van der Waals surface area contributed by atoms with Crippen LogP contribution in [-0.2, 0) is 16.1 Å². The van der Waals surface area contributed by atoms with Gasteiger partial charge in [0.05, 0.1) is 18.4 Å². The number of hydrogen-bond donors (Lipinski definition) is 2. The average molecular weight is 301 g/mol. The molecule has 1 amide bonds. The summed E-state index contributed by atoms with van der Waals surface area (Å²) >= 11 is 0. The predicted octanol–water partition coefficient (Wildman–Crippen LogP) is 0.260. The van der Waals surface area contributed by atoms with E-state index in [0.29, 0.717) is 19.7 Å². The van der Waals surface area contributed by atoms with Crippen molar-refractivity contribution in [2.24, 2.45) is 0 Å². The number of amides is 1. The molecule has 3 rings (SSSR count). The number of morpholine rings is 1. The van der Waals surface area contributed by atoms with Gasteiger partial charge in [0.25, 0.3) is 0 Å². The number of hydrogen-bond acceptors (Lipinski definition) is 5. The van der Waals surface area contributed by atoms with Crippen molar-refractivity contribution in [3.8, 4) is 5.69 Å². The SMILES string of the molecule is C[C@H]1OCCN[C@@H]1C(=O)NCc1cccc(-n2cncn2)c1. The Kier molecular flexibility index (Phi) is 4.45. The van der Waals surface area contributed by atoms with Crippen LogP contribution < -0.4 is 10.6 Å². The number of benzene rings is 1. The van der Waals surface area contributed by atoms with Crippen LogP contribution in [0.1, 0.15) is 12.5 Å². The summed E-state index contributed by atoms with van der Waals surface area (Å²) in [4.78, 5) is 16.1. The summed E-state index contributed by atoms with van der Waals surface area (Å²) in [5.74, 6) is -0.0432. The Bertz CT molecular complexity index is 629. The minimum atomic E-state index is -0.299. The molecule has 22 heavy (non-hydrogen) atoms. The van der Waals surface area contributed by atoms with Gasteiger partial charge in [0.1, 0.15) is 18.7 Å². The second kappa shape index (κ2) is 6.67. The Hall–Kier alpha value is -2.25. The van der Waals surface area contributed by atoms with Gasteiger partial charge in [0, 0.05) is 13.1 Å². The Balaban J connectivity index is 1.61. The van der Waals surface area contributed by atoms with Crippen molar-refractivity contribution in [1.82, 2.24) is 25.4 Å². The second-order valence-corrected chi connectivity index (χ2v) is 5.24. The zero-order valence-corrected chi connectivity index (χ0v) is 12.4. The van der Waals surface area contributed by atoms with Gasteiger partial charge >= 0.3 is 0 Å². The molecule has 116 valence electrons. The number of ether oxygens (including phenoxy) is 1. The van der Waals surface area contributed by atoms with Gasteiger partial charge in [-0.25, -0.2) is 9.67 Å². The molecular weight excluding hydrogens is 282 g/mol. The number of carbonyl (C=O) groups excluding carboxylic acids is 1. The van der Waals surface area contributed by atoms with E-state index in [9.17, 15) is 4.79 Å². The monoisotopic (exact) mass is 301 g/mol. The summed E-state index contributed by atoms with van der Waals surface area (Å²) in [6.07, 6.45) is 3.02. The van der Waals surface area contributed by atoms with Crippen LogP contribution in [-0.4, -0.2) is 46.0 Å². The van der Waals surface area contributed by atoms with Crippen molar-refractivity contribution in [1.29, 1.82) is 0 Å². The van der Waals surface area contributed by atoms with E-state index in [4.69, 9.17) is 4.74 Å². The van der Waals surface area contributed by atoms with Crippen molar-refractivity contribution in [2.75, 3.05) is 13.2 Å². The lowest BCUT2D eigenvalue weighted by molar-refractivity contribution is -0.129. The van der Waals surface area contributed by atoms with Gasteiger partial charge in [-0.2, -0.15) is 5.10 Å². The molecule has 1 fully saturated rings. The Labute approximate surface area is 128 Å². The van der Waals surface area contributed by atoms with Gasteiger partial charge in [-0.05, 0) is 24.6 Å². The maximum Gasteiger partial charge on any atom is 0.240 e. The third kappa shape index (κ3) is 3.32. The molecule has 7 nitrogen and oxygen atoms in total. The van der Waals surface area contributed by atoms with Gasteiger partial charge in [-0.1, -0.05) is 12.1 Å². The molecule has 7 heteroatoms. The molecule has 0 spiro atoms. The number of nitrogens with zero attached hydrogens (tertiary/aromatic N) is 3. The van der Waals surface area contributed by atoms with Gasteiger partial charge in [-0.15, -0.1) is 0 Å². The minimum Gasteiger partial charge on any atom is -0.375 e. The van der Waals surface area contributed by atoms with Gasteiger partial charge < -0.3 is 15.4 Å². The fraction of sp³-hybridized carbons (Fsp3) is 0.400. The summed E-state index contributed by atoms with van der Waals surface area (Å²) in [6.45, 7) is 3.71. The number of carbonyl (C=O) groups is 1. The Morgan fingerprint density at radius 3 is 3.23 bits per heavy atom. The molecule has 2 atom stereocenters. The van der Waals surface area contributed by atoms with E-state index in [1.165, 1.54) is 6.33 Å². The number of rotatable bonds is 4. The molecule has 1 aliphatic heterocycles. The van der Waals surface area contributed by atoms with Crippen LogP contribution in [0.2, 0.25) is 0 Å². The molecule has 1 aromatic carbocycles. The van der Waals surface area contributed by atoms with Gasteiger partial charge in [0.15, 0.2) is 0 Å². The summed E-state index contributed by atoms with van der Waals surface area (Å²) in [5.41, 5.74) is 1.92. The first-order valence-corrected chi connectivity index (χ1v) is 7.30. The van der Waals surface area contributed by atoms with Crippen molar-refractivity contribution < 1.29 is 9.53 Å². The normalized spacial score (nSPS) is 21.5. The summed E-state index contributed by atoms with van der Waals surface area (Å²) in [7, 11) is 0. The smallest absolute Gasteiger partial charge is 0.240 e. The molecule has 0 unspecified atom stereocenters. The maximum absolute atomic E-state index is 12.2. The van der Waals surface area contributed by atoms with Crippen LogP contribution in [0, 0.1) is 0 Å². The second-order valence-electron chi connectivity index (χ2n) is 5.24. The van der Waals surface area contributed by atoms with E-state index in [1.807, 2.05) is 31.2 Å². The lowest BCUT2D eigenvalue weighted by atomic mass is 10.1. The van der Waals surface area contributed by atoms with Crippen LogP contribution in [0.5, 0.6) is 0 Å². The topological polar surface area (TPSA) is 81.1 Å². The Morgan fingerprint density at radius 1 is 1.55 bits per heavy atom. The van der Waals surface area contributed by atoms with Crippen molar-refractivity contribution in [3.05, 3.63) is 42.5 Å². The first-order chi connectivity index (χ1) is 10.7. The third-order valence-corrected chi connectivity index (χ3v) is 3.66. The van der Waals surface area contributed by atoms with Crippen molar-refractivity contribution in [3.63, 3.8) is 0 Å². The number of aromatic nitrogens is 3. The highest BCUT2D eigenvalue weighted by Gasteiger charge is 2.27. The van der Waals surface area contributed by atoms with Crippen molar-refractivity contribution >= 4 is 5.91 Å². The lowest BCUT2D eigenvalue weighted by Crippen LogP contribution is -2.55. The zero-order chi connectivity index (χ0) is 15.4. The van der Waals surface area contributed by atoms with E-state index < -0.39 is 0 Å². The lowest BCUT2D eigenvalue weighted by Gasteiger charge is -2.29. The molecular formula is C15H19N5O2. The van der Waals surface area contributed by atoms with Gasteiger partial charge in [-0.3, -0.25) is 4.79 Å². The van der Waals surface area contributed by atoms with Crippen LogP contribution in [0.4, 0.5) is 0 Å². The van der Waals surface area contributed by atoms with Crippen molar-refractivity contribution in [2.45, 2.75) is 25.6 Å². The maximum atomic E-state index is 12.2. The van der Waals surface area contributed by atoms with Gasteiger partial charge in [0.2, 0.25) is 5.91 Å². The molecule has 2 N–H and O–H groups in total.